The molecule has 3 rings (SSSR count). The summed E-state index contributed by atoms with van der Waals surface area (Å²) >= 11 is 0. The van der Waals surface area contributed by atoms with Crippen LogP contribution in [0.3, 0.4) is 0 Å². The number of aliphatic hydroxyl groups excluding tert-OH is 1. The molecule has 3 saturated heterocycles. The lowest BCUT2D eigenvalue weighted by Crippen LogP contribution is -2.63. The SMILES string of the molecule is C[Si]12OCC(CO)(CO1)CO2. The van der Waals surface area contributed by atoms with Gasteiger partial charge >= 0.3 is 8.80 Å². The largest absolute Gasteiger partial charge is 0.497 e. The molecule has 0 amide bonds. The molecule has 1 N–H and O–H groups in total. The lowest BCUT2D eigenvalue weighted by atomic mass is 9.93. The highest BCUT2D eigenvalue weighted by molar-refractivity contribution is 6.59. The molecule has 4 nitrogen and oxygen atoms in total. The molecule has 0 aromatic rings. The minimum absolute atomic E-state index is 0.0808. The first-order valence-corrected chi connectivity index (χ1v) is 5.93. The van der Waals surface area contributed by atoms with E-state index in [4.69, 9.17) is 18.4 Å². The Balaban J connectivity index is 2.12. The second kappa shape index (κ2) is 2.27. The van der Waals surface area contributed by atoms with Gasteiger partial charge in [-0.15, -0.1) is 0 Å². The van der Waals surface area contributed by atoms with E-state index in [2.05, 4.69) is 0 Å². The average Bonchev–Trinajstić information content (AvgIpc) is 2.07. The van der Waals surface area contributed by atoms with E-state index in [0.717, 1.165) is 0 Å². The molecule has 11 heavy (non-hydrogen) atoms. The minimum atomic E-state index is -2.22. The molecule has 0 aliphatic carbocycles. The van der Waals surface area contributed by atoms with Crippen molar-refractivity contribution in [3.63, 3.8) is 0 Å². The summed E-state index contributed by atoms with van der Waals surface area (Å²) in [6.45, 7) is 3.73. The van der Waals surface area contributed by atoms with E-state index in [1.807, 2.05) is 6.55 Å². The van der Waals surface area contributed by atoms with Gasteiger partial charge in [-0.05, 0) is 0 Å². The van der Waals surface area contributed by atoms with Crippen LogP contribution >= 0.6 is 0 Å². The molecule has 3 aliphatic heterocycles. The van der Waals surface area contributed by atoms with Crippen molar-refractivity contribution in [3.8, 4) is 0 Å². The highest BCUT2D eigenvalue weighted by Crippen LogP contribution is 2.34. The van der Waals surface area contributed by atoms with Gasteiger partial charge in [-0.25, -0.2) is 0 Å². The quantitative estimate of drug-likeness (QED) is 0.553. The maximum Gasteiger partial charge on any atom is 0.497 e. The molecule has 0 atom stereocenters. The molecule has 0 aromatic carbocycles. The first kappa shape index (κ1) is 7.69. The van der Waals surface area contributed by atoms with Crippen molar-refractivity contribution in [3.05, 3.63) is 0 Å². The first-order chi connectivity index (χ1) is 5.18. The van der Waals surface area contributed by atoms with Gasteiger partial charge in [0.1, 0.15) is 0 Å². The smallest absolute Gasteiger partial charge is 0.396 e. The molecule has 64 valence electrons. The van der Waals surface area contributed by atoms with E-state index in [0.29, 0.717) is 19.8 Å². The molecular weight excluding hydrogens is 164 g/mol. The van der Waals surface area contributed by atoms with Crippen LogP contribution in [-0.4, -0.2) is 40.3 Å². The minimum Gasteiger partial charge on any atom is -0.396 e. The summed E-state index contributed by atoms with van der Waals surface area (Å²) in [5, 5.41) is 9.03. The summed E-state index contributed by atoms with van der Waals surface area (Å²) < 4.78 is 16.2. The summed E-state index contributed by atoms with van der Waals surface area (Å²) in [4.78, 5) is 0. The highest BCUT2D eigenvalue weighted by atomic mass is 28.4. The van der Waals surface area contributed by atoms with Crippen LogP contribution in [0, 0.1) is 5.41 Å². The van der Waals surface area contributed by atoms with Gasteiger partial charge in [-0.2, -0.15) is 0 Å². The van der Waals surface area contributed by atoms with Gasteiger partial charge in [0, 0.05) is 6.55 Å². The number of aliphatic hydroxyl groups is 1. The maximum atomic E-state index is 9.03. The Morgan fingerprint density at radius 3 is 2.09 bits per heavy atom. The third kappa shape index (κ3) is 1.13. The van der Waals surface area contributed by atoms with Crippen LogP contribution in [0.1, 0.15) is 0 Å². The zero-order chi connectivity index (χ0) is 7.95. The van der Waals surface area contributed by atoms with Crippen LogP contribution < -0.4 is 0 Å². The topological polar surface area (TPSA) is 47.9 Å². The molecule has 3 heterocycles. The lowest BCUT2D eigenvalue weighted by Gasteiger charge is -2.48. The van der Waals surface area contributed by atoms with Crippen LogP contribution in [0.25, 0.3) is 0 Å². The van der Waals surface area contributed by atoms with E-state index in [-0.39, 0.29) is 12.0 Å². The van der Waals surface area contributed by atoms with Gasteiger partial charge in [0.2, 0.25) is 0 Å². The Kier molecular flexibility index (Phi) is 1.59. The Morgan fingerprint density at radius 1 is 1.27 bits per heavy atom. The fourth-order valence-electron chi connectivity index (χ4n) is 1.24. The second-order valence-corrected chi connectivity index (χ2v) is 5.98. The highest BCUT2D eigenvalue weighted by Gasteiger charge is 2.52. The molecule has 2 bridgehead atoms. The van der Waals surface area contributed by atoms with Crippen molar-refractivity contribution in [2.45, 2.75) is 6.55 Å². The molecule has 0 radical (unpaired) electrons. The Morgan fingerprint density at radius 2 is 1.73 bits per heavy atom. The van der Waals surface area contributed by atoms with Crippen molar-refractivity contribution >= 4 is 8.80 Å². The molecule has 0 aromatic heterocycles. The molecule has 5 heteroatoms. The van der Waals surface area contributed by atoms with Crippen molar-refractivity contribution < 1.29 is 18.4 Å². The van der Waals surface area contributed by atoms with Gasteiger partial charge in [-0.3, -0.25) is 0 Å². The van der Waals surface area contributed by atoms with E-state index in [1.54, 1.807) is 0 Å². The third-order valence-electron chi connectivity index (χ3n) is 2.26. The number of hydrogen-bond donors (Lipinski definition) is 1. The normalized spacial score (nSPS) is 49.6. The molecule has 3 aliphatic rings. The molecule has 3 fully saturated rings. The fraction of sp³-hybridized carbons (Fsp3) is 1.00. The monoisotopic (exact) mass is 176 g/mol. The summed E-state index contributed by atoms with van der Waals surface area (Å²) in [6.07, 6.45) is 0. The van der Waals surface area contributed by atoms with Crippen LogP contribution in [-0.2, 0) is 13.3 Å². The standard InChI is InChI=1S/C6H12O4Si/c1-11-8-3-6(2-7,4-9-11)5-10-11/h7H,2-5H2,1H3. The average molecular weight is 176 g/mol. The fourth-order valence-corrected chi connectivity index (χ4v) is 3.19. The summed E-state index contributed by atoms with van der Waals surface area (Å²) in [5.74, 6) is 0. The number of hydrogen-bond acceptors (Lipinski definition) is 4. The summed E-state index contributed by atoms with van der Waals surface area (Å²) in [6, 6.07) is 0. The zero-order valence-electron chi connectivity index (χ0n) is 6.50. The molecule has 0 spiro atoms. The van der Waals surface area contributed by atoms with Gasteiger partial charge < -0.3 is 18.4 Å². The predicted octanol–water partition coefficient (Wildman–Crippen LogP) is -0.389. The molecular formula is C6H12O4Si. The zero-order valence-corrected chi connectivity index (χ0v) is 7.50. The van der Waals surface area contributed by atoms with E-state index >= 15 is 0 Å². The van der Waals surface area contributed by atoms with Crippen molar-refractivity contribution in [2.75, 3.05) is 26.4 Å². The van der Waals surface area contributed by atoms with Gasteiger partial charge in [-0.1, -0.05) is 0 Å². The van der Waals surface area contributed by atoms with Gasteiger partial charge in [0.05, 0.1) is 31.8 Å². The molecule has 0 saturated carbocycles. The van der Waals surface area contributed by atoms with Crippen LogP contribution in [0.15, 0.2) is 0 Å². The second-order valence-electron chi connectivity index (χ2n) is 3.39. The Bertz CT molecular complexity index is 147. The van der Waals surface area contributed by atoms with E-state index in [9.17, 15) is 0 Å². The Labute approximate surface area is 66.4 Å². The summed E-state index contributed by atoms with van der Waals surface area (Å²) in [7, 11) is -2.22. The van der Waals surface area contributed by atoms with Crippen molar-refractivity contribution in [1.29, 1.82) is 0 Å². The Hall–Kier alpha value is 0.0569. The number of fused-ring (bicyclic) bond motifs is 3. The van der Waals surface area contributed by atoms with Crippen molar-refractivity contribution in [2.24, 2.45) is 5.41 Å². The van der Waals surface area contributed by atoms with Gasteiger partial charge in [0.25, 0.3) is 0 Å². The van der Waals surface area contributed by atoms with Gasteiger partial charge in [0.15, 0.2) is 0 Å². The lowest BCUT2D eigenvalue weighted by molar-refractivity contribution is -0.148. The van der Waals surface area contributed by atoms with E-state index < -0.39 is 8.80 Å². The maximum absolute atomic E-state index is 9.03. The van der Waals surface area contributed by atoms with E-state index in [1.165, 1.54) is 0 Å². The third-order valence-corrected chi connectivity index (χ3v) is 4.26. The molecule has 0 unspecified atom stereocenters. The summed E-state index contributed by atoms with van der Waals surface area (Å²) in [5.41, 5.74) is -0.273. The number of rotatable bonds is 1. The van der Waals surface area contributed by atoms with Crippen LogP contribution in [0.4, 0.5) is 0 Å². The van der Waals surface area contributed by atoms with Crippen LogP contribution in [0.5, 0.6) is 0 Å². The first-order valence-electron chi connectivity index (χ1n) is 3.71. The van der Waals surface area contributed by atoms with Crippen LogP contribution in [0.2, 0.25) is 6.55 Å². The predicted molar refractivity (Wildman–Crippen MR) is 39.0 cm³/mol. The van der Waals surface area contributed by atoms with Crippen molar-refractivity contribution in [1.82, 2.24) is 0 Å².